The highest BCUT2D eigenvalue weighted by molar-refractivity contribution is 5.93. The van der Waals surface area contributed by atoms with Gasteiger partial charge in [-0.1, -0.05) is 0 Å². The van der Waals surface area contributed by atoms with Crippen LogP contribution in [0, 0.1) is 0 Å². The van der Waals surface area contributed by atoms with Gasteiger partial charge in [0.25, 0.3) is 5.91 Å². The number of carbonyl (C=O) groups is 1. The molecule has 0 aliphatic heterocycles. The fourth-order valence-corrected chi connectivity index (χ4v) is 2.04. The van der Waals surface area contributed by atoms with E-state index in [1.807, 2.05) is 43.3 Å². The minimum atomic E-state index is -0.179. The van der Waals surface area contributed by atoms with Crippen molar-refractivity contribution < 1.29 is 14.3 Å². The molecule has 0 saturated heterocycles. The molecule has 0 saturated carbocycles. The average Bonchev–Trinajstić information content (AvgIpc) is 2.66. The van der Waals surface area contributed by atoms with Gasteiger partial charge in [0, 0.05) is 25.5 Å². The Morgan fingerprint density at radius 3 is 2.35 bits per heavy atom. The number of methoxy groups -OCH3 is 1. The molecule has 0 aliphatic carbocycles. The summed E-state index contributed by atoms with van der Waals surface area (Å²) in [6.07, 6.45) is 3.01. The number of hydrogen-bond acceptors (Lipinski definition) is 7. The Hall–Kier alpha value is -2.87. The van der Waals surface area contributed by atoms with E-state index in [0.717, 1.165) is 18.0 Å². The van der Waals surface area contributed by atoms with Gasteiger partial charge in [-0.2, -0.15) is 0 Å². The van der Waals surface area contributed by atoms with Crippen molar-refractivity contribution in [2.45, 2.75) is 0 Å². The van der Waals surface area contributed by atoms with Crippen molar-refractivity contribution in [1.82, 2.24) is 20.2 Å². The molecular formula is C18H25N5O3. The van der Waals surface area contributed by atoms with E-state index in [1.54, 1.807) is 7.11 Å². The number of hydrogen-bond donors (Lipinski definition) is 2. The van der Waals surface area contributed by atoms with Crippen LogP contribution >= 0.6 is 0 Å². The quantitative estimate of drug-likeness (QED) is 0.618. The topological polar surface area (TPSA) is 88.6 Å². The van der Waals surface area contributed by atoms with E-state index in [9.17, 15) is 4.79 Å². The molecule has 0 spiro atoms. The Kier molecular flexibility index (Phi) is 7.63. The van der Waals surface area contributed by atoms with Gasteiger partial charge >= 0.3 is 0 Å². The summed E-state index contributed by atoms with van der Waals surface area (Å²) in [5, 5.41) is 5.87. The minimum absolute atomic E-state index is 0.179. The van der Waals surface area contributed by atoms with Gasteiger partial charge in [0.15, 0.2) is 0 Å². The fraction of sp³-hybridized carbons (Fsp3) is 0.389. The lowest BCUT2D eigenvalue weighted by molar-refractivity contribution is 0.0950. The van der Waals surface area contributed by atoms with Gasteiger partial charge in [-0.05, 0) is 38.4 Å². The summed E-state index contributed by atoms with van der Waals surface area (Å²) < 4.78 is 10.7. The molecule has 1 aromatic heterocycles. The predicted octanol–water partition coefficient (Wildman–Crippen LogP) is 1.27. The van der Waals surface area contributed by atoms with Crippen LogP contribution in [0.3, 0.4) is 0 Å². The fourth-order valence-electron chi connectivity index (χ4n) is 2.04. The number of rotatable bonds is 10. The van der Waals surface area contributed by atoms with Crippen LogP contribution in [0.4, 0.5) is 5.95 Å². The lowest BCUT2D eigenvalue weighted by Crippen LogP contribution is -2.31. The van der Waals surface area contributed by atoms with Crippen molar-refractivity contribution in [3.63, 3.8) is 0 Å². The highest BCUT2D eigenvalue weighted by atomic mass is 16.5. The second-order valence-electron chi connectivity index (χ2n) is 5.81. The first-order valence-corrected chi connectivity index (χ1v) is 8.34. The average molecular weight is 359 g/mol. The summed E-state index contributed by atoms with van der Waals surface area (Å²) in [4.78, 5) is 22.2. The zero-order valence-electron chi connectivity index (χ0n) is 15.4. The van der Waals surface area contributed by atoms with Gasteiger partial charge in [-0.25, -0.2) is 9.97 Å². The summed E-state index contributed by atoms with van der Waals surface area (Å²) in [6.45, 7) is 2.36. The number of likely N-dealkylation sites (N-methyl/N-ethyl adjacent to an activating group) is 1. The lowest BCUT2D eigenvalue weighted by atomic mass is 10.3. The van der Waals surface area contributed by atoms with E-state index in [4.69, 9.17) is 9.47 Å². The van der Waals surface area contributed by atoms with E-state index < -0.39 is 0 Å². The van der Waals surface area contributed by atoms with Gasteiger partial charge in [0.05, 0.1) is 19.2 Å². The number of carbonyl (C=O) groups excluding carboxylic acids is 1. The van der Waals surface area contributed by atoms with E-state index in [-0.39, 0.29) is 5.91 Å². The van der Waals surface area contributed by atoms with Crippen LogP contribution < -0.4 is 20.1 Å². The molecule has 1 aromatic carbocycles. The molecule has 2 N–H and O–H groups in total. The van der Waals surface area contributed by atoms with Crippen LogP contribution in [0.5, 0.6) is 11.5 Å². The minimum Gasteiger partial charge on any atom is -0.497 e. The molecule has 140 valence electrons. The van der Waals surface area contributed by atoms with Crippen LogP contribution in [-0.2, 0) is 0 Å². The van der Waals surface area contributed by atoms with Gasteiger partial charge < -0.3 is 25.0 Å². The van der Waals surface area contributed by atoms with Crippen LogP contribution in [0.15, 0.2) is 36.7 Å². The first kappa shape index (κ1) is 19.5. The largest absolute Gasteiger partial charge is 0.497 e. The standard InChI is InChI=1S/C18H25N5O3/c1-23(2)10-8-19-17(24)14-12-21-18(22-13-14)20-9-11-26-16-6-4-15(25-3)5-7-16/h4-7,12-13H,8-11H2,1-3H3,(H,19,24)(H,20,21,22). The highest BCUT2D eigenvalue weighted by Crippen LogP contribution is 2.16. The Balaban J connectivity index is 1.70. The molecule has 26 heavy (non-hydrogen) atoms. The summed E-state index contributed by atoms with van der Waals surface area (Å²) in [7, 11) is 5.53. The molecule has 8 nitrogen and oxygen atoms in total. The molecule has 0 fully saturated rings. The van der Waals surface area contributed by atoms with E-state index in [2.05, 4.69) is 20.6 Å². The van der Waals surface area contributed by atoms with Gasteiger partial charge in [0.1, 0.15) is 18.1 Å². The Morgan fingerprint density at radius 2 is 1.73 bits per heavy atom. The van der Waals surface area contributed by atoms with Crippen molar-refractivity contribution in [2.24, 2.45) is 0 Å². The molecule has 0 bridgehead atoms. The Bertz CT molecular complexity index is 674. The Labute approximate surface area is 153 Å². The third-order valence-corrected chi connectivity index (χ3v) is 3.47. The summed E-state index contributed by atoms with van der Waals surface area (Å²) >= 11 is 0. The molecule has 1 amide bonds. The van der Waals surface area contributed by atoms with Crippen molar-refractivity contribution in [3.05, 3.63) is 42.2 Å². The molecule has 0 unspecified atom stereocenters. The van der Waals surface area contributed by atoms with Gasteiger partial charge in [0.2, 0.25) is 5.95 Å². The maximum atomic E-state index is 11.9. The number of amides is 1. The summed E-state index contributed by atoms with van der Waals surface area (Å²) in [5.41, 5.74) is 0.434. The molecule has 8 heteroatoms. The van der Waals surface area contributed by atoms with Gasteiger partial charge in [-0.3, -0.25) is 4.79 Å². The highest BCUT2D eigenvalue weighted by Gasteiger charge is 2.06. The molecule has 2 aromatic rings. The number of nitrogens with one attached hydrogen (secondary N) is 2. The number of benzene rings is 1. The van der Waals surface area contributed by atoms with Crippen molar-refractivity contribution in [2.75, 3.05) is 52.8 Å². The second kappa shape index (κ2) is 10.2. The SMILES string of the molecule is COc1ccc(OCCNc2ncc(C(=O)NCCN(C)C)cn2)cc1. The predicted molar refractivity (Wildman–Crippen MR) is 99.9 cm³/mol. The molecule has 0 atom stereocenters. The summed E-state index contributed by atoms with van der Waals surface area (Å²) in [5.74, 6) is 1.82. The Morgan fingerprint density at radius 1 is 1.08 bits per heavy atom. The van der Waals surface area contributed by atoms with Crippen LogP contribution in [0.2, 0.25) is 0 Å². The smallest absolute Gasteiger partial charge is 0.254 e. The molecule has 1 heterocycles. The second-order valence-corrected chi connectivity index (χ2v) is 5.81. The molecule has 0 aliphatic rings. The van der Waals surface area contributed by atoms with Crippen LogP contribution in [0.25, 0.3) is 0 Å². The van der Waals surface area contributed by atoms with Crippen molar-refractivity contribution >= 4 is 11.9 Å². The van der Waals surface area contributed by atoms with Crippen LogP contribution in [-0.4, -0.2) is 68.2 Å². The van der Waals surface area contributed by atoms with Crippen LogP contribution in [0.1, 0.15) is 10.4 Å². The number of anilines is 1. The van der Waals surface area contributed by atoms with E-state index in [0.29, 0.717) is 31.2 Å². The monoisotopic (exact) mass is 359 g/mol. The molecule has 0 radical (unpaired) electrons. The third kappa shape index (κ3) is 6.56. The van der Waals surface area contributed by atoms with Crippen molar-refractivity contribution in [3.8, 4) is 11.5 Å². The number of ether oxygens (including phenoxy) is 2. The van der Waals surface area contributed by atoms with Crippen molar-refractivity contribution in [1.29, 1.82) is 0 Å². The van der Waals surface area contributed by atoms with Gasteiger partial charge in [-0.15, -0.1) is 0 Å². The molecular weight excluding hydrogens is 334 g/mol. The summed E-state index contributed by atoms with van der Waals surface area (Å²) in [6, 6.07) is 7.38. The van der Waals surface area contributed by atoms with E-state index in [1.165, 1.54) is 12.4 Å². The first-order chi connectivity index (χ1) is 12.6. The zero-order valence-corrected chi connectivity index (χ0v) is 15.4. The molecule has 2 rings (SSSR count). The lowest BCUT2D eigenvalue weighted by Gasteiger charge is -2.10. The maximum Gasteiger partial charge on any atom is 0.254 e. The maximum absolute atomic E-state index is 11.9. The normalized spacial score (nSPS) is 10.5. The number of nitrogens with zero attached hydrogens (tertiary/aromatic N) is 3. The zero-order chi connectivity index (χ0) is 18.8. The first-order valence-electron chi connectivity index (χ1n) is 8.34. The number of aromatic nitrogens is 2. The van der Waals surface area contributed by atoms with E-state index >= 15 is 0 Å². The third-order valence-electron chi connectivity index (χ3n) is 3.47.